The highest BCUT2D eigenvalue weighted by Crippen LogP contribution is 2.31. The molecule has 104 valence electrons. The quantitative estimate of drug-likeness (QED) is 0.874. The van der Waals surface area contributed by atoms with Gasteiger partial charge >= 0.3 is 0 Å². The van der Waals surface area contributed by atoms with Crippen LogP contribution in [0.1, 0.15) is 13.8 Å². The summed E-state index contributed by atoms with van der Waals surface area (Å²) in [5.41, 5.74) is 6.16. The second-order valence-corrected chi connectivity index (χ2v) is 5.61. The van der Waals surface area contributed by atoms with Gasteiger partial charge in [-0.25, -0.2) is 4.39 Å². The molecule has 1 atom stereocenters. The Labute approximate surface area is 113 Å². The molecule has 1 saturated heterocycles. The normalized spacial score (nSPS) is 22.8. The number of likely N-dealkylation sites (N-methyl/N-ethyl adjacent to an activating group) is 1. The lowest BCUT2D eigenvalue weighted by Crippen LogP contribution is -2.68. The number of halogens is 1. The van der Waals surface area contributed by atoms with E-state index < -0.39 is 6.04 Å². The third-order valence-corrected chi connectivity index (χ3v) is 3.56. The summed E-state index contributed by atoms with van der Waals surface area (Å²) in [6.45, 7) is 4.86. The Balaban J connectivity index is 2.47. The zero-order chi connectivity index (χ0) is 14.2. The second kappa shape index (κ2) is 4.81. The number of benzene rings is 1. The highest BCUT2D eigenvalue weighted by molar-refractivity contribution is 5.87. The van der Waals surface area contributed by atoms with Crippen molar-refractivity contribution in [3.8, 4) is 0 Å². The Morgan fingerprint density at radius 1 is 1.47 bits per heavy atom. The number of amides is 1. The molecule has 0 aromatic heterocycles. The fraction of sp³-hybridized carbons (Fsp3) is 0.500. The number of anilines is 1. The molecule has 4 nitrogen and oxygen atoms in total. The number of rotatable bonds is 2. The second-order valence-electron chi connectivity index (χ2n) is 5.61. The Morgan fingerprint density at radius 3 is 2.74 bits per heavy atom. The van der Waals surface area contributed by atoms with E-state index in [4.69, 9.17) is 5.73 Å². The van der Waals surface area contributed by atoms with Gasteiger partial charge in [-0.05, 0) is 32.0 Å². The zero-order valence-electron chi connectivity index (χ0n) is 11.6. The van der Waals surface area contributed by atoms with Crippen LogP contribution in [0.25, 0.3) is 0 Å². The first-order valence-electron chi connectivity index (χ1n) is 6.37. The molecular formula is C14H20FN3O. The Bertz CT molecular complexity index is 489. The van der Waals surface area contributed by atoms with Crippen LogP contribution >= 0.6 is 0 Å². The van der Waals surface area contributed by atoms with Gasteiger partial charge in [0.2, 0.25) is 5.91 Å². The summed E-state index contributed by atoms with van der Waals surface area (Å²) < 4.78 is 13.4. The molecule has 2 N–H and O–H groups in total. The first-order chi connectivity index (χ1) is 8.86. The topological polar surface area (TPSA) is 49.6 Å². The van der Waals surface area contributed by atoms with E-state index in [0.29, 0.717) is 12.2 Å². The van der Waals surface area contributed by atoms with Crippen molar-refractivity contribution in [2.75, 3.05) is 25.0 Å². The van der Waals surface area contributed by atoms with E-state index in [9.17, 15) is 9.18 Å². The van der Waals surface area contributed by atoms with Gasteiger partial charge in [-0.15, -0.1) is 0 Å². The summed E-state index contributed by atoms with van der Waals surface area (Å²) in [6.07, 6.45) is 0. The number of carbonyl (C=O) groups excluding carboxylic acids is 1. The molecule has 19 heavy (non-hydrogen) atoms. The third-order valence-electron chi connectivity index (χ3n) is 3.56. The fourth-order valence-electron chi connectivity index (χ4n) is 2.88. The van der Waals surface area contributed by atoms with Crippen LogP contribution in [0.2, 0.25) is 0 Å². The van der Waals surface area contributed by atoms with Gasteiger partial charge < -0.3 is 15.5 Å². The minimum Gasteiger partial charge on any atom is -0.351 e. The van der Waals surface area contributed by atoms with E-state index in [0.717, 1.165) is 0 Å². The summed E-state index contributed by atoms with van der Waals surface area (Å²) in [7, 11) is 1.77. The smallest absolute Gasteiger partial charge is 0.246 e. The van der Waals surface area contributed by atoms with Gasteiger partial charge in [0.1, 0.15) is 11.9 Å². The van der Waals surface area contributed by atoms with E-state index >= 15 is 0 Å². The van der Waals surface area contributed by atoms with E-state index in [2.05, 4.69) is 0 Å². The molecule has 0 radical (unpaired) electrons. The van der Waals surface area contributed by atoms with Crippen LogP contribution in [-0.2, 0) is 4.79 Å². The van der Waals surface area contributed by atoms with E-state index in [1.54, 1.807) is 18.0 Å². The minimum atomic E-state index is -0.449. The van der Waals surface area contributed by atoms with Crippen molar-refractivity contribution in [1.29, 1.82) is 0 Å². The molecule has 1 aromatic rings. The summed E-state index contributed by atoms with van der Waals surface area (Å²) in [5, 5.41) is 0. The van der Waals surface area contributed by atoms with Crippen LogP contribution in [0.5, 0.6) is 0 Å². The molecule has 0 bridgehead atoms. The highest BCUT2D eigenvalue weighted by Gasteiger charge is 2.43. The van der Waals surface area contributed by atoms with Gasteiger partial charge in [-0.1, -0.05) is 6.07 Å². The van der Waals surface area contributed by atoms with Crippen molar-refractivity contribution in [3.63, 3.8) is 0 Å². The maximum Gasteiger partial charge on any atom is 0.246 e. The standard InChI is InChI=1S/C14H20FN3O/c1-14(2)9-17(3)13(19)12(8-16)18(14)11-6-4-5-10(15)7-11/h4-7,12H,8-9,16H2,1-3H3. The van der Waals surface area contributed by atoms with Crippen molar-refractivity contribution in [2.24, 2.45) is 5.73 Å². The molecule has 1 aromatic carbocycles. The number of hydrogen-bond acceptors (Lipinski definition) is 3. The van der Waals surface area contributed by atoms with Gasteiger partial charge in [0.15, 0.2) is 0 Å². The molecular weight excluding hydrogens is 245 g/mol. The van der Waals surface area contributed by atoms with Gasteiger partial charge in [-0.3, -0.25) is 4.79 Å². The van der Waals surface area contributed by atoms with Gasteiger partial charge in [-0.2, -0.15) is 0 Å². The van der Waals surface area contributed by atoms with Crippen LogP contribution in [0.15, 0.2) is 24.3 Å². The minimum absolute atomic E-state index is 0.0221. The average molecular weight is 265 g/mol. The summed E-state index contributed by atoms with van der Waals surface area (Å²) in [5.74, 6) is -0.332. The Morgan fingerprint density at radius 2 is 2.16 bits per heavy atom. The van der Waals surface area contributed by atoms with Gasteiger partial charge in [0.25, 0.3) is 0 Å². The number of piperazine rings is 1. The molecule has 1 amide bonds. The molecule has 1 aliphatic rings. The molecule has 1 heterocycles. The van der Waals surface area contributed by atoms with Crippen LogP contribution in [-0.4, -0.2) is 42.5 Å². The first-order valence-corrected chi connectivity index (χ1v) is 6.37. The van der Waals surface area contributed by atoms with E-state index in [1.165, 1.54) is 12.1 Å². The van der Waals surface area contributed by atoms with Crippen molar-refractivity contribution < 1.29 is 9.18 Å². The summed E-state index contributed by atoms with van der Waals surface area (Å²) >= 11 is 0. The lowest BCUT2D eigenvalue weighted by Gasteiger charge is -2.51. The molecule has 2 rings (SSSR count). The highest BCUT2D eigenvalue weighted by atomic mass is 19.1. The van der Waals surface area contributed by atoms with Crippen LogP contribution in [0, 0.1) is 5.82 Å². The summed E-state index contributed by atoms with van der Waals surface area (Å²) in [6, 6.07) is 5.86. The maximum atomic E-state index is 13.4. The molecule has 1 unspecified atom stereocenters. The first kappa shape index (κ1) is 13.8. The van der Waals surface area contributed by atoms with Crippen LogP contribution in [0.4, 0.5) is 10.1 Å². The SMILES string of the molecule is CN1CC(C)(C)N(c2cccc(F)c2)C(CN)C1=O. The zero-order valence-corrected chi connectivity index (χ0v) is 11.6. The van der Waals surface area contributed by atoms with Crippen molar-refractivity contribution in [2.45, 2.75) is 25.4 Å². The van der Waals surface area contributed by atoms with Crippen LogP contribution in [0.3, 0.4) is 0 Å². The van der Waals surface area contributed by atoms with E-state index in [1.807, 2.05) is 24.8 Å². The number of hydrogen-bond donors (Lipinski definition) is 1. The van der Waals surface area contributed by atoms with Crippen molar-refractivity contribution in [3.05, 3.63) is 30.1 Å². The lowest BCUT2D eigenvalue weighted by atomic mass is 9.93. The number of nitrogens with zero attached hydrogens (tertiary/aromatic N) is 2. The molecule has 1 aliphatic heterocycles. The van der Waals surface area contributed by atoms with Crippen LogP contribution < -0.4 is 10.6 Å². The van der Waals surface area contributed by atoms with Crippen molar-refractivity contribution >= 4 is 11.6 Å². The van der Waals surface area contributed by atoms with Crippen molar-refractivity contribution in [1.82, 2.24) is 4.90 Å². The third kappa shape index (κ3) is 2.42. The summed E-state index contributed by atoms with van der Waals surface area (Å²) in [4.78, 5) is 15.8. The average Bonchev–Trinajstić information content (AvgIpc) is 2.32. The van der Waals surface area contributed by atoms with E-state index in [-0.39, 0.29) is 23.8 Å². The predicted molar refractivity (Wildman–Crippen MR) is 73.4 cm³/mol. The fourth-order valence-corrected chi connectivity index (χ4v) is 2.88. The maximum absolute atomic E-state index is 13.4. The molecule has 5 heteroatoms. The van der Waals surface area contributed by atoms with Gasteiger partial charge in [0, 0.05) is 25.8 Å². The Hall–Kier alpha value is -1.62. The lowest BCUT2D eigenvalue weighted by molar-refractivity contribution is -0.134. The molecule has 0 saturated carbocycles. The molecule has 1 fully saturated rings. The monoisotopic (exact) mass is 265 g/mol. The predicted octanol–water partition coefficient (Wildman–Crippen LogP) is 1.21. The number of nitrogens with two attached hydrogens (primary N) is 1. The van der Waals surface area contributed by atoms with Gasteiger partial charge in [0.05, 0.1) is 5.54 Å². The largest absolute Gasteiger partial charge is 0.351 e. The Kier molecular flexibility index (Phi) is 3.49. The number of carbonyl (C=O) groups is 1. The molecule has 0 aliphatic carbocycles. The molecule has 0 spiro atoms.